The Morgan fingerprint density at radius 3 is 2.75 bits per heavy atom. The number of hydrogen-bond donors (Lipinski definition) is 1. The summed E-state index contributed by atoms with van der Waals surface area (Å²) in [5.41, 5.74) is 1.01. The Balaban J connectivity index is 1.88. The Hall–Kier alpha value is -2.80. The molecule has 0 fully saturated rings. The minimum atomic E-state index is -0.437. The molecule has 3 aromatic rings. The smallest absolute Gasteiger partial charge is 0.280 e. The molecule has 0 saturated heterocycles. The number of hydrogen-bond acceptors (Lipinski definition) is 4. The highest BCUT2D eigenvalue weighted by Crippen LogP contribution is 2.36. The lowest BCUT2D eigenvalue weighted by Gasteiger charge is -2.35. The summed E-state index contributed by atoms with van der Waals surface area (Å²) < 4.78 is 3.00. The maximum absolute atomic E-state index is 13.1. The van der Waals surface area contributed by atoms with Gasteiger partial charge in [0.15, 0.2) is 11.4 Å². The molecule has 0 radical (unpaired) electrons. The maximum atomic E-state index is 13.1. The molecule has 0 bridgehead atoms. The molecule has 0 unspecified atom stereocenters. The zero-order valence-corrected chi connectivity index (χ0v) is 16.6. The van der Waals surface area contributed by atoms with Gasteiger partial charge in [-0.2, -0.15) is 5.10 Å². The number of aromatic hydroxyl groups is 1. The van der Waals surface area contributed by atoms with E-state index in [1.165, 1.54) is 4.68 Å². The number of carbonyl (C=O) groups excluding carboxylic acids is 1. The number of carbonyl (C=O) groups is 1. The fourth-order valence-corrected chi connectivity index (χ4v) is 4.06. The van der Waals surface area contributed by atoms with Gasteiger partial charge >= 0.3 is 0 Å². The quantitative estimate of drug-likeness (QED) is 0.732. The van der Waals surface area contributed by atoms with Gasteiger partial charge in [-0.25, -0.2) is 4.68 Å². The lowest BCUT2D eigenvalue weighted by Crippen LogP contribution is -2.45. The SMILES string of the molecule is CC(C)N1C[C@H](C)n2c(c(O)c3c(=O)n(Cc4cccc(Cl)c4)ncc32)C1=O. The molecule has 146 valence electrons. The first-order valence-electron chi connectivity index (χ1n) is 9.18. The van der Waals surface area contributed by atoms with E-state index in [-0.39, 0.29) is 41.4 Å². The van der Waals surface area contributed by atoms with Gasteiger partial charge in [0.25, 0.3) is 11.5 Å². The third-order valence-electron chi connectivity index (χ3n) is 5.20. The van der Waals surface area contributed by atoms with Crippen molar-refractivity contribution < 1.29 is 9.90 Å². The Kier molecular flexibility index (Phi) is 4.42. The average Bonchev–Trinajstić information content (AvgIpc) is 2.94. The van der Waals surface area contributed by atoms with Crippen LogP contribution in [0.4, 0.5) is 0 Å². The number of halogens is 1. The van der Waals surface area contributed by atoms with E-state index in [2.05, 4.69) is 5.10 Å². The fraction of sp³-hybridized carbons (Fsp3) is 0.350. The fourth-order valence-electron chi connectivity index (χ4n) is 3.85. The third kappa shape index (κ3) is 2.77. The van der Waals surface area contributed by atoms with Crippen LogP contribution < -0.4 is 5.56 Å². The van der Waals surface area contributed by atoms with Crippen LogP contribution in [0.1, 0.15) is 42.9 Å². The summed E-state index contributed by atoms with van der Waals surface area (Å²) >= 11 is 6.02. The van der Waals surface area contributed by atoms with Gasteiger partial charge in [-0.15, -0.1) is 0 Å². The first-order valence-corrected chi connectivity index (χ1v) is 9.55. The Bertz CT molecular complexity index is 1150. The molecule has 0 spiro atoms. The summed E-state index contributed by atoms with van der Waals surface area (Å²) in [5, 5.41) is 15.8. The largest absolute Gasteiger partial charge is 0.505 e. The predicted octanol–water partition coefficient (Wildman–Crippen LogP) is 3.03. The van der Waals surface area contributed by atoms with Gasteiger partial charge < -0.3 is 14.6 Å². The van der Waals surface area contributed by atoms with E-state index in [1.807, 2.05) is 26.8 Å². The normalized spacial score (nSPS) is 16.8. The van der Waals surface area contributed by atoms with E-state index in [9.17, 15) is 14.7 Å². The summed E-state index contributed by atoms with van der Waals surface area (Å²) in [6, 6.07) is 7.09. The highest BCUT2D eigenvalue weighted by Gasteiger charge is 2.36. The molecule has 8 heteroatoms. The molecule has 1 atom stereocenters. The molecule has 2 aromatic heterocycles. The van der Waals surface area contributed by atoms with Crippen LogP contribution in [0.15, 0.2) is 35.3 Å². The molecule has 1 aliphatic heterocycles. The Morgan fingerprint density at radius 1 is 1.32 bits per heavy atom. The van der Waals surface area contributed by atoms with Crippen molar-refractivity contribution in [2.24, 2.45) is 0 Å². The van der Waals surface area contributed by atoms with E-state index >= 15 is 0 Å². The molecule has 0 saturated carbocycles. The summed E-state index contributed by atoms with van der Waals surface area (Å²) in [7, 11) is 0. The number of nitrogens with zero attached hydrogens (tertiary/aromatic N) is 4. The monoisotopic (exact) mass is 400 g/mol. The minimum Gasteiger partial charge on any atom is -0.505 e. The first kappa shape index (κ1) is 18.6. The van der Waals surface area contributed by atoms with Crippen LogP contribution in [0.5, 0.6) is 5.75 Å². The van der Waals surface area contributed by atoms with Crippen molar-refractivity contribution in [3.05, 3.63) is 57.1 Å². The van der Waals surface area contributed by atoms with Crippen molar-refractivity contribution in [3.8, 4) is 5.75 Å². The number of amides is 1. The summed E-state index contributed by atoms with van der Waals surface area (Å²) in [6.07, 6.45) is 1.54. The van der Waals surface area contributed by atoms with Gasteiger partial charge in [-0.1, -0.05) is 23.7 Å². The third-order valence-corrected chi connectivity index (χ3v) is 5.43. The van der Waals surface area contributed by atoms with Gasteiger partial charge in [0.2, 0.25) is 0 Å². The molecule has 1 aliphatic rings. The van der Waals surface area contributed by atoms with Crippen LogP contribution in [-0.4, -0.2) is 42.8 Å². The summed E-state index contributed by atoms with van der Waals surface area (Å²) in [4.78, 5) is 27.7. The molecule has 28 heavy (non-hydrogen) atoms. The summed E-state index contributed by atoms with van der Waals surface area (Å²) in [5.74, 6) is -0.549. The second kappa shape index (κ2) is 6.67. The van der Waals surface area contributed by atoms with E-state index in [4.69, 9.17) is 11.6 Å². The average molecular weight is 401 g/mol. The van der Waals surface area contributed by atoms with E-state index in [0.717, 1.165) is 5.56 Å². The topological polar surface area (TPSA) is 80.4 Å². The van der Waals surface area contributed by atoms with Crippen LogP contribution >= 0.6 is 11.6 Å². The van der Waals surface area contributed by atoms with E-state index < -0.39 is 5.56 Å². The van der Waals surface area contributed by atoms with Crippen molar-refractivity contribution >= 4 is 28.4 Å². The molecule has 3 heterocycles. The summed E-state index contributed by atoms with van der Waals surface area (Å²) in [6.45, 7) is 6.55. The molecule has 4 rings (SSSR count). The molecule has 7 nitrogen and oxygen atoms in total. The number of fused-ring (bicyclic) bond motifs is 3. The molecular weight excluding hydrogens is 380 g/mol. The molecule has 1 N–H and O–H groups in total. The van der Waals surface area contributed by atoms with Gasteiger partial charge in [0.05, 0.1) is 18.3 Å². The number of aromatic nitrogens is 3. The second-order valence-corrected chi connectivity index (χ2v) is 7.90. The second-order valence-electron chi connectivity index (χ2n) is 7.47. The zero-order valence-electron chi connectivity index (χ0n) is 15.9. The Labute approximate surface area is 166 Å². The van der Waals surface area contributed by atoms with Crippen LogP contribution in [0.2, 0.25) is 5.02 Å². The highest BCUT2D eigenvalue weighted by atomic mass is 35.5. The van der Waals surface area contributed by atoms with Gasteiger partial charge in [0, 0.05) is 23.7 Å². The van der Waals surface area contributed by atoms with Gasteiger partial charge in [0.1, 0.15) is 5.39 Å². The van der Waals surface area contributed by atoms with Gasteiger partial charge in [-0.3, -0.25) is 9.59 Å². The van der Waals surface area contributed by atoms with Crippen LogP contribution in [0, 0.1) is 0 Å². The Morgan fingerprint density at radius 2 is 2.07 bits per heavy atom. The lowest BCUT2D eigenvalue weighted by molar-refractivity contribution is 0.0616. The minimum absolute atomic E-state index is 0.00118. The lowest BCUT2D eigenvalue weighted by atomic mass is 10.1. The highest BCUT2D eigenvalue weighted by molar-refractivity contribution is 6.30. The van der Waals surface area contributed by atoms with Crippen molar-refractivity contribution in [1.82, 2.24) is 19.2 Å². The van der Waals surface area contributed by atoms with Crippen molar-refractivity contribution in [2.45, 2.75) is 39.4 Å². The van der Waals surface area contributed by atoms with Crippen molar-refractivity contribution in [3.63, 3.8) is 0 Å². The first-order chi connectivity index (χ1) is 13.3. The standard InChI is InChI=1S/C20H21ClN4O3/c1-11(2)23-9-12(3)25-15-8-22-24(10-13-5-4-6-14(21)7-13)19(27)16(15)18(26)17(25)20(23)28/h4-8,11-12,26H,9-10H2,1-3H3/t12-/m0/s1. The maximum Gasteiger partial charge on any atom is 0.280 e. The van der Waals surface area contributed by atoms with Crippen LogP contribution in [0.3, 0.4) is 0 Å². The number of benzene rings is 1. The van der Waals surface area contributed by atoms with E-state index in [0.29, 0.717) is 17.1 Å². The van der Waals surface area contributed by atoms with E-state index in [1.54, 1.807) is 33.9 Å². The number of rotatable bonds is 3. The van der Waals surface area contributed by atoms with Crippen molar-refractivity contribution in [1.29, 1.82) is 0 Å². The molecule has 1 aromatic carbocycles. The van der Waals surface area contributed by atoms with Crippen LogP contribution in [-0.2, 0) is 6.54 Å². The van der Waals surface area contributed by atoms with Crippen molar-refractivity contribution in [2.75, 3.05) is 6.54 Å². The predicted molar refractivity (Wildman–Crippen MR) is 107 cm³/mol. The molecule has 0 aliphatic carbocycles. The van der Waals surface area contributed by atoms with Gasteiger partial charge in [-0.05, 0) is 38.5 Å². The van der Waals surface area contributed by atoms with Crippen LogP contribution in [0.25, 0.3) is 10.9 Å². The molecule has 1 amide bonds. The molecular formula is C20H21ClN4O3. The zero-order chi connectivity index (χ0) is 20.2.